The van der Waals surface area contributed by atoms with Crippen LogP contribution in [0.1, 0.15) is 27.2 Å². The number of nitrogen functional groups attached to an aromatic ring is 1. The molecule has 0 aliphatic carbocycles. The van der Waals surface area contributed by atoms with Crippen LogP contribution in [-0.4, -0.2) is 5.91 Å². The molecule has 4 rings (SSSR count). The molecule has 4 aromatic rings. The molecule has 0 unspecified atom stereocenters. The van der Waals surface area contributed by atoms with Crippen molar-refractivity contribution in [2.75, 3.05) is 5.73 Å². The quantitative estimate of drug-likeness (QED) is 0.503. The molecule has 1 aromatic heterocycles. The molecule has 28 heavy (non-hydrogen) atoms. The lowest BCUT2D eigenvalue weighted by Crippen LogP contribution is -2.12. The molecule has 0 aliphatic rings. The summed E-state index contributed by atoms with van der Waals surface area (Å²) < 4.78 is 19.1. The van der Waals surface area contributed by atoms with Crippen LogP contribution in [0.5, 0.6) is 0 Å². The second kappa shape index (κ2) is 6.85. The second-order valence-electron chi connectivity index (χ2n) is 6.85. The lowest BCUT2D eigenvalue weighted by molar-refractivity contribution is 0.1000. The number of nitrogens with two attached hydrogens (primary N) is 2. The number of anilines is 1. The summed E-state index contributed by atoms with van der Waals surface area (Å²) in [6.45, 7) is 2.00. The van der Waals surface area contributed by atoms with Crippen molar-refractivity contribution < 1.29 is 13.6 Å². The van der Waals surface area contributed by atoms with Gasteiger partial charge in [-0.3, -0.25) is 4.79 Å². The Balaban J connectivity index is 1.84. The highest BCUT2D eigenvalue weighted by atomic mass is 19.1. The van der Waals surface area contributed by atoms with Gasteiger partial charge in [0.1, 0.15) is 17.2 Å². The fraction of sp³-hybridized carbons (Fsp3) is 0.0870. The van der Waals surface area contributed by atoms with E-state index in [9.17, 15) is 9.18 Å². The molecule has 0 saturated heterocycles. The van der Waals surface area contributed by atoms with E-state index in [2.05, 4.69) is 0 Å². The SMILES string of the molecule is Cc1ccc(N)cc1-c1ccc2oc(Cc3ccc(F)cc3)c(C(N)=O)c2c1. The van der Waals surface area contributed by atoms with Gasteiger partial charge >= 0.3 is 0 Å². The summed E-state index contributed by atoms with van der Waals surface area (Å²) >= 11 is 0. The van der Waals surface area contributed by atoms with E-state index in [0.29, 0.717) is 34.4 Å². The topological polar surface area (TPSA) is 82.2 Å². The van der Waals surface area contributed by atoms with E-state index >= 15 is 0 Å². The maximum atomic E-state index is 13.2. The normalized spacial score (nSPS) is 11.1. The van der Waals surface area contributed by atoms with Gasteiger partial charge in [0, 0.05) is 17.5 Å². The van der Waals surface area contributed by atoms with Gasteiger partial charge in [-0.2, -0.15) is 0 Å². The number of benzene rings is 3. The molecule has 4 nitrogen and oxygen atoms in total. The molecule has 3 aromatic carbocycles. The number of hydrogen-bond donors (Lipinski definition) is 2. The molecule has 0 fully saturated rings. The molecule has 0 radical (unpaired) electrons. The van der Waals surface area contributed by atoms with Gasteiger partial charge in [-0.1, -0.05) is 24.3 Å². The van der Waals surface area contributed by atoms with E-state index in [1.165, 1.54) is 12.1 Å². The Bertz CT molecular complexity index is 1190. The van der Waals surface area contributed by atoms with Gasteiger partial charge in [-0.25, -0.2) is 4.39 Å². The van der Waals surface area contributed by atoms with Crippen molar-refractivity contribution >= 4 is 22.6 Å². The van der Waals surface area contributed by atoms with Crippen LogP contribution in [0.2, 0.25) is 0 Å². The first-order chi connectivity index (χ1) is 13.4. The van der Waals surface area contributed by atoms with Crippen molar-refractivity contribution in [2.24, 2.45) is 5.73 Å². The standard InChI is InChI=1S/C23H19FN2O2/c1-13-2-8-17(25)12-18(13)15-5-9-20-19(11-15)22(23(26)27)21(28-20)10-14-3-6-16(24)7-4-14/h2-9,11-12H,10,25H2,1H3,(H2,26,27). The van der Waals surface area contributed by atoms with E-state index in [1.54, 1.807) is 12.1 Å². The van der Waals surface area contributed by atoms with E-state index in [4.69, 9.17) is 15.9 Å². The third-order valence-corrected chi connectivity index (χ3v) is 4.86. The molecule has 4 N–H and O–H groups in total. The van der Waals surface area contributed by atoms with Crippen molar-refractivity contribution in [1.29, 1.82) is 0 Å². The third kappa shape index (κ3) is 3.22. The van der Waals surface area contributed by atoms with E-state index in [-0.39, 0.29) is 5.82 Å². The highest BCUT2D eigenvalue weighted by Crippen LogP contribution is 2.33. The first-order valence-corrected chi connectivity index (χ1v) is 8.88. The Morgan fingerprint density at radius 1 is 1.04 bits per heavy atom. The van der Waals surface area contributed by atoms with Crippen molar-refractivity contribution in [3.05, 3.63) is 88.9 Å². The lowest BCUT2D eigenvalue weighted by Gasteiger charge is -2.07. The summed E-state index contributed by atoms with van der Waals surface area (Å²) in [4.78, 5) is 12.2. The molecule has 140 valence electrons. The van der Waals surface area contributed by atoms with Gasteiger partial charge in [0.05, 0.1) is 5.56 Å². The fourth-order valence-electron chi connectivity index (χ4n) is 3.45. The number of halogens is 1. The van der Waals surface area contributed by atoms with E-state index in [1.807, 2.05) is 43.3 Å². The Kier molecular flexibility index (Phi) is 4.35. The number of primary amides is 1. The Hall–Kier alpha value is -3.60. The monoisotopic (exact) mass is 374 g/mol. The number of aryl methyl sites for hydroxylation is 1. The predicted octanol–water partition coefficient (Wildman–Crippen LogP) is 4.82. The van der Waals surface area contributed by atoms with Gasteiger partial charge < -0.3 is 15.9 Å². The Morgan fingerprint density at radius 3 is 2.50 bits per heavy atom. The van der Waals surface area contributed by atoms with Crippen molar-refractivity contribution in [3.63, 3.8) is 0 Å². The van der Waals surface area contributed by atoms with Crippen LogP contribution in [0.25, 0.3) is 22.1 Å². The second-order valence-corrected chi connectivity index (χ2v) is 6.85. The van der Waals surface area contributed by atoms with Crippen LogP contribution in [0.4, 0.5) is 10.1 Å². The molecule has 5 heteroatoms. The number of furan rings is 1. The minimum Gasteiger partial charge on any atom is -0.460 e. The molecule has 1 heterocycles. The maximum Gasteiger partial charge on any atom is 0.252 e. The van der Waals surface area contributed by atoms with Crippen LogP contribution in [0.3, 0.4) is 0 Å². The third-order valence-electron chi connectivity index (χ3n) is 4.86. The first-order valence-electron chi connectivity index (χ1n) is 8.88. The fourth-order valence-corrected chi connectivity index (χ4v) is 3.45. The van der Waals surface area contributed by atoms with Gasteiger partial charge in [0.15, 0.2) is 0 Å². The van der Waals surface area contributed by atoms with Crippen molar-refractivity contribution in [1.82, 2.24) is 0 Å². The van der Waals surface area contributed by atoms with Gasteiger partial charge in [0.25, 0.3) is 5.91 Å². The molecule has 0 atom stereocenters. The molecular weight excluding hydrogens is 355 g/mol. The molecule has 0 spiro atoms. The molecule has 1 amide bonds. The Morgan fingerprint density at radius 2 is 1.79 bits per heavy atom. The number of rotatable bonds is 4. The summed E-state index contributed by atoms with van der Waals surface area (Å²) in [7, 11) is 0. The predicted molar refractivity (Wildman–Crippen MR) is 109 cm³/mol. The maximum absolute atomic E-state index is 13.2. The van der Waals surface area contributed by atoms with Crippen molar-refractivity contribution in [3.8, 4) is 11.1 Å². The zero-order valence-electron chi connectivity index (χ0n) is 15.3. The van der Waals surface area contributed by atoms with Gasteiger partial charge in [0.2, 0.25) is 0 Å². The van der Waals surface area contributed by atoms with Crippen molar-refractivity contribution in [2.45, 2.75) is 13.3 Å². The van der Waals surface area contributed by atoms with E-state index in [0.717, 1.165) is 22.3 Å². The summed E-state index contributed by atoms with van der Waals surface area (Å²) in [5, 5.41) is 0.656. The average Bonchev–Trinajstić information content (AvgIpc) is 3.02. The summed E-state index contributed by atoms with van der Waals surface area (Å²) in [6, 6.07) is 17.4. The molecule has 0 bridgehead atoms. The van der Waals surface area contributed by atoms with Gasteiger partial charge in [-0.05, 0) is 65.6 Å². The lowest BCUT2D eigenvalue weighted by atomic mass is 9.97. The summed E-state index contributed by atoms with van der Waals surface area (Å²) in [5.74, 6) is -0.404. The zero-order valence-corrected chi connectivity index (χ0v) is 15.3. The minimum atomic E-state index is -0.558. The summed E-state index contributed by atoms with van der Waals surface area (Å²) in [5.41, 5.74) is 17.0. The van der Waals surface area contributed by atoms with Gasteiger partial charge in [-0.15, -0.1) is 0 Å². The molecule has 0 aliphatic heterocycles. The van der Waals surface area contributed by atoms with E-state index < -0.39 is 5.91 Å². The van der Waals surface area contributed by atoms with Crippen LogP contribution < -0.4 is 11.5 Å². The highest BCUT2D eigenvalue weighted by molar-refractivity contribution is 6.07. The molecular formula is C23H19FN2O2. The summed E-state index contributed by atoms with van der Waals surface area (Å²) in [6.07, 6.45) is 0.347. The number of carbonyl (C=O) groups excluding carboxylic acids is 1. The number of carbonyl (C=O) groups is 1. The number of fused-ring (bicyclic) bond motifs is 1. The first kappa shape index (κ1) is 17.8. The van der Waals surface area contributed by atoms with Crippen LogP contribution in [-0.2, 0) is 6.42 Å². The molecule has 0 saturated carbocycles. The van der Waals surface area contributed by atoms with Crippen LogP contribution in [0, 0.1) is 12.7 Å². The van der Waals surface area contributed by atoms with Crippen LogP contribution >= 0.6 is 0 Å². The smallest absolute Gasteiger partial charge is 0.252 e. The zero-order chi connectivity index (χ0) is 19.8. The van der Waals surface area contributed by atoms with Crippen LogP contribution in [0.15, 0.2) is 65.1 Å². The Labute approximate surface area is 161 Å². The minimum absolute atomic E-state index is 0.314. The average molecular weight is 374 g/mol. The number of amides is 1. The highest BCUT2D eigenvalue weighted by Gasteiger charge is 2.20. The number of hydrogen-bond acceptors (Lipinski definition) is 3. The largest absolute Gasteiger partial charge is 0.460 e.